The van der Waals surface area contributed by atoms with Gasteiger partial charge in [0.25, 0.3) is 0 Å². The van der Waals surface area contributed by atoms with Crippen LogP contribution in [0, 0.1) is 0 Å². The van der Waals surface area contributed by atoms with Crippen molar-refractivity contribution in [3.63, 3.8) is 0 Å². The van der Waals surface area contributed by atoms with Crippen molar-refractivity contribution in [2.75, 3.05) is 6.54 Å². The molecular weight excluding hydrogens is 552 g/mol. The average molecular weight is 582 g/mol. The van der Waals surface area contributed by atoms with Crippen LogP contribution in [0.5, 0.6) is 0 Å². The molecule has 192 valence electrons. The lowest BCUT2D eigenvalue weighted by Crippen LogP contribution is -2.47. The van der Waals surface area contributed by atoms with Crippen molar-refractivity contribution in [2.24, 2.45) is 4.99 Å². The fraction of sp³-hybridized carbons (Fsp3) is 0.300. The summed E-state index contributed by atoms with van der Waals surface area (Å²) in [6.07, 6.45) is 0.417. The Morgan fingerprint density at radius 3 is 2.49 bits per heavy atom. The molecule has 0 spiro atoms. The van der Waals surface area contributed by atoms with Crippen LogP contribution in [0.15, 0.2) is 82.3 Å². The van der Waals surface area contributed by atoms with E-state index in [2.05, 4.69) is 21.2 Å². The van der Waals surface area contributed by atoms with Gasteiger partial charge in [-0.15, -0.1) is 0 Å². The van der Waals surface area contributed by atoms with Gasteiger partial charge in [0.15, 0.2) is 0 Å². The van der Waals surface area contributed by atoms with Crippen LogP contribution in [0.4, 0.5) is 5.69 Å². The van der Waals surface area contributed by atoms with Crippen LogP contribution in [-0.2, 0) is 19.7 Å². The zero-order valence-corrected chi connectivity index (χ0v) is 23.7. The summed E-state index contributed by atoms with van der Waals surface area (Å²) in [5.41, 5.74) is 2.51. The largest absolute Gasteiger partial charge is 0.459 e. The summed E-state index contributed by atoms with van der Waals surface area (Å²) in [5.74, 6) is -1.32. The number of halogens is 2. The summed E-state index contributed by atoms with van der Waals surface area (Å²) < 4.78 is 6.55. The second kappa shape index (κ2) is 10.8. The van der Waals surface area contributed by atoms with Gasteiger partial charge in [0.1, 0.15) is 5.60 Å². The predicted molar refractivity (Wildman–Crippen MR) is 152 cm³/mol. The molecule has 3 aromatic carbocycles. The maximum atomic E-state index is 13.9. The summed E-state index contributed by atoms with van der Waals surface area (Å²) in [4.78, 5) is 32.0. The lowest BCUT2D eigenvalue weighted by Gasteiger charge is -2.34. The molecule has 0 bridgehead atoms. The smallest absolute Gasteiger partial charge is 0.315 e. The first-order chi connectivity index (χ1) is 17.5. The van der Waals surface area contributed by atoms with Gasteiger partial charge in [-0.3, -0.25) is 14.6 Å². The highest BCUT2D eigenvalue weighted by molar-refractivity contribution is 9.10. The van der Waals surface area contributed by atoms with Crippen LogP contribution in [0.1, 0.15) is 56.7 Å². The van der Waals surface area contributed by atoms with Crippen LogP contribution >= 0.6 is 27.5 Å². The summed E-state index contributed by atoms with van der Waals surface area (Å²) in [6.45, 7) is 7.46. The quantitative estimate of drug-likeness (QED) is 0.315. The van der Waals surface area contributed by atoms with Crippen molar-refractivity contribution in [1.82, 2.24) is 5.32 Å². The second-order valence-electron chi connectivity index (χ2n) is 10.4. The Morgan fingerprint density at radius 1 is 1.08 bits per heavy atom. The summed E-state index contributed by atoms with van der Waals surface area (Å²) in [6, 6.07) is 22.8. The number of nitrogens with one attached hydrogen (secondary N) is 1. The van der Waals surface area contributed by atoms with E-state index in [0.717, 1.165) is 27.0 Å². The number of hydrogen-bond donors (Lipinski definition) is 1. The molecular formula is C30H30BrClN2O3. The number of rotatable bonds is 6. The van der Waals surface area contributed by atoms with E-state index in [1.165, 1.54) is 0 Å². The monoisotopic (exact) mass is 580 g/mol. The van der Waals surface area contributed by atoms with E-state index in [1.54, 1.807) is 18.2 Å². The minimum absolute atomic E-state index is 0.0742. The van der Waals surface area contributed by atoms with E-state index in [4.69, 9.17) is 21.3 Å². The number of hydrogen-bond acceptors (Lipinski definition) is 4. The molecule has 0 aliphatic carbocycles. The third-order valence-corrected chi connectivity index (χ3v) is 7.08. The molecule has 1 heterocycles. The third kappa shape index (κ3) is 6.31. The molecule has 0 fully saturated rings. The fourth-order valence-electron chi connectivity index (χ4n) is 4.49. The third-order valence-electron chi connectivity index (χ3n) is 6.35. The van der Waals surface area contributed by atoms with Gasteiger partial charge in [-0.05, 0) is 74.7 Å². The molecule has 2 unspecified atom stereocenters. The number of fused-ring (bicyclic) bond motifs is 1. The molecule has 0 radical (unpaired) electrons. The highest BCUT2D eigenvalue weighted by Gasteiger charge is 2.42. The van der Waals surface area contributed by atoms with E-state index in [-0.39, 0.29) is 12.5 Å². The molecule has 4 rings (SSSR count). The van der Waals surface area contributed by atoms with Gasteiger partial charge in [-0.1, -0.05) is 70.0 Å². The highest BCUT2D eigenvalue weighted by atomic mass is 79.9. The maximum absolute atomic E-state index is 13.9. The van der Waals surface area contributed by atoms with Gasteiger partial charge < -0.3 is 10.1 Å². The van der Waals surface area contributed by atoms with Gasteiger partial charge in [0.05, 0.1) is 17.0 Å². The van der Waals surface area contributed by atoms with Crippen LogP contribution in [0.3, 0.4) is 0 Å². The van der Waals surface area contributed by atoms with E-state index >= 15 is 0 Å². The molecule has 3 aromatic rings. The Bertz CT molecular complexity index is 1350. The number of nitrogens with zero attached hydrogens (tertiary/aromatic N) is 1. The first-order valence-corrected chi connectivity index (χ1v) is 13.3. The maximum Gasteiger partial charge on any atom is 0.315 e. The van der Waals surface area contributed by atoms with Crippen molar-refractivity contribution < 1.29 is 14.3 Å². The summed E-state index contributed by atoms with van der Waals surface area (Å²) in [5, 5.41) is 3.57. The zero-order valence-electron chi connectivity index (χ0n) is 21.3. The minimum Gasteiger partial charge on any atom is -0.459 e. The van der Waals surface area contributed by atoms with Gasteiger partial charge in [-0.25, -0.2) is 0 Å². The Morgan fingerprint density at radius 2 is 1.81 bits per heavy atom. The van der Waals surface area contributed by atoms with Gasteiger partial charge >= 0.3 is 5.97 Å². The van der Waals surface area contributed by atoms with Crippen molar-refractivity contribution in [3.8, 4) is 0 Å². The zero-order chi connectivity index (χ0) is 26.8. The van der Waals surface area contributed by atoms with Crippen LogP contribution in [-0.4, -0.2) is 29.7 Å². The van der Waals surface area contributed by atoms with E-state index in [9.17, 15) is 9.59 Å². The minimum atomic E-state index is -0.904. The topological polar surface area (TPSA) is 67.8 Å². The van der Waals surface area contributed by atoms with Gasteiger partial charge in [-0.2, -0.15) is 0 Å². The molecule has 5 nitrogen and oxygen atoms in total. The van der Waals surface area contributed by atoms with Crippen LogP contribution < -0.4 is 5.32 Å². The Labute approximate surface area is 231 Å². The molecule has 37 heavy (non-hydrogen) atoms. The molecule has 0 saturated carbocycles. The molecule has 7 heteroatoms. The van der Waals surface area contributed by atoms with E-state index in [0.29, 0.717) is 17.0 Å². The average Bonchev–Trinajstić information content (AvgIpc) is 2.84. The number of carbonyl (C=O) groups is 2. The second-order valence-corrected chi connectivity index (χ2v) is 11.8. The number of ether oxygens (including phenoxy) is 1. The van der Waals surface area contributed by atoms with Crippen LogP contribution in [0.25, 0.3) is 0 Å². The van der Waals surface area contributed by atoms with E-state index in [1.807, 2.05) is 82.3 Å². The Balaban J connectivity index is 1.65. The first-order valence-electron chi connectivity index (χ1n) is 12.2. The van der Waals surface area contributed by atoms with Crippen LogP contribution in [0.2, 0.25) is 5.02 Å². The molecule has 1 aliphatic rings. The number of amides is 1. The normalized spacial score (nSPS) is 17.8. The van der Waals surface area contributed by atoms with Gasteiger partial charge in [0.2, 0.25) is 5.91 Å². The standard InChI is InChI=1S/C30H30BrClN2O3/c1-29(2,3)37-27(35)23(20-11-8-12-22(32)15-20)18-33-28(36)30(4)17-26(19-9-6-5-7-10-19)34-25-14-13-21(31)16-24(25)30/h5-16,23H,17-18H2,1-4H3,(H,33,36). The number of benzene rings is 3. The van der Waals surface area contributed by atoms with Crippen molar-refractivity contribution in [2.45, 2.75) is 51.0 Å². The van der Waals surface area contributed by atoms with Crippen molar-refractivity contribution in [3.05, 3.63) is 99.0 Å². The Kier molecular flexibility index (Phi) is 7.91. The lowest BCUT2D eigenvalue weighted by molar-refractivity contribution is -0.156. The molecule has 0 saturated heterocycles. The van der Waals surface area contributed by atoms with Crippen molar-refractivity contribution in [1.29, 1.82) is 0 Å². The lowest BCUT2D eigenvalue weighted by atomic mass is 9.73. The molecule has 1 aliphatic heterocycles. The number of aliphatic imine (C=N–C) groups is 1. The summed E-state index contributed by atoms with van der Waals surface area (Å²) in [7, 11) is 0. The summed E-state index contributed by atoms with van der Waals surface area (Å²) >= 11 is 9.77. The fourth-order valence-corrected chi connectivity index (χ4v) is 5.05. The Hall–Kier alpha value is -2.96. The van der Waals surface area contributed by atoms with E-state index < -0.39 is 22.9 Å². The molecule has 2 atom stereocenters. The SMILES string of the molecule is CC(C)(C)OC(=O)C(CNC(=O)C1(C)CC(c2ccccc2)=Nc2ccc(Br)cc21)c1cccc(Cl)c1. The molecule has 0 aromatic heterocycles. The van der Waals surface area contributed by atoms with Crippen molar-refractivity contribution >= 4 is 50.8 Å². The predicted octanol–water partition coefficient (Wildman–Crippen LogP) is 7.13. The first kappa shape index (κ1) is 27.1. The highest BCUT2D eigenvalue weighted by Crippen LogP contribution is 2.42. The molecule has 1 N–H and O–H groups in total. The number of esters is 1. The molecule has 1 amide bonds. The van der Waals surface area contributed by atoms with Gasteiger partial charge in [0, 0.05) is 28.2 Å². The number of carbonyl (C=O) groups excluding carboxylic acids is 2.